The van der Waals surface area contributed by atoms with Crippen LogP contribution in [0.25, 0.3) is 0 Å². The van der Waals surface area contributed by atoms with Crippen molar-refractivity contribution in [3.63, 3.8) is 0 Å². The lowest BCUT2D eigenvalue weighted by atomic mass is 9.93. The van der Waals surface area contributed by atoms with Gasteiger partial charge in [-0.2, -0.15) is 0 Å². The molecule has 2 heterocycles. The van der Waals surface area contributed by atoms with Gasteiger partial charge >= 0.3 is 0 Å². The van der Waals surface area contributed by atoms with Crippen molar-refractivity contribution in [1.29, 1.82) is 0 Å². The summed E-state index contributed by atoms with van der Waals surface area (Å²) in [4.78, 5) is 28.5. The first kappa shape index (κ1) is 20.1. The number of pyridine rings is 1. The molecule has 1 atom stereocenters. The Morgan fingerprint density at radius 3 is 2.57 bits per heavy atom. The van der Waals surface area contributed by atoms with Crippen molar-refractivity contribution in [2.45, 2.75) is 12.5 Å². The van der Waals surface area contributed by atoms with Gasteiger partial charge in [-0.05, 0) is 41.8 Å². The van der Waals surface area contributed by atoms with E-state index in [1.807, 2.05) is 35.2 Å². The number of benzene rings is 2. The summed E-state index contributed by atoms with van der Waals surface area (Å²) in [5.74, 6) is 1.36. The molecule has 30 heavy (non-hydrogen) atoms. The average Bonchev–Trinajstić information content (AvgIpc) is 2.75. The van der Waals surface area contributed by atoms with Gasteiger partial charge in [-0.15, -0.1) is 0 Å². The van der Waals surface area contributed by atoms with E-state index in [2.05, 4.69) is 4.98 Å². The lowest BCUT2D eigenvalue weighted by Crippen LogP contribution is -2.36. The van der Waals surface area contributed by atoms with Gasteiger partial charge in [0.15, 0.2) is 5.75 Å². The molecule has 1 aliphatic rings. The third kappa shape index (κ3) is 3.81. The second kappa shape index (κ2) is 8.30. The largest absolute Gasteiger partial charge is 0.454 e. The SMILES string of the molecule is O=CC1c2ccc(Oc3c(Cl)cc([N+](=O)[O-])cc3Cl)cc2CCN1c1ccccn1. The van der Waals surface area contributed by atoms with E-state index in [0.717, 1.165) is 23.2 Å². The Bertz CT molecular complexity index is 1100. The van der Waals surface area contributed by atoms with Gasteiger partial charge in [-0.3, -0.25) is 10.1 Å². The molecule has 7 nitrogen and oxygen atoms in total. The maximum atomic E-state index is 11.9. The molecule has 1 unspecified atom stereocenters. The molecular weight excluding hydrogens is 429 g/mol. The number of anilines is 1. The zero-order valence-electron chi connectivity index (χ0n) is 15.5. The van der Waals surface area contributed by atoms with Gasteiger partial charge in [0.1, 0.15) is 23.9 Å². The number of carbonyl (C=O) groups excluding carboxylic acids is 1. The van der Waals surface area contributed by atoms with E-state index in [4.69, 9.17) is 27.9 Å². The minimum Gasteiger partial charge on any atom is -0.454 e. The van der Waals surface area contributed by atoms with Gasteiger partial charge in [0.05, 0.1) is 15.0 Å². The van der Waals surface area contributed by atoms with E-state index in [0.29, 0.717) is 18.7 Å². The maximum Gasteiger partial charge on any atom is 0.272 e. The van der Waals surface area contributed by atoms with Crippen LogP contribution in [0, 0.1) is 10.1 Å². The van der Waals surface area contributed by atoms with Gasteiger partial charge in [0, 0.05) is 24.9 Å². The van der Waals surface area contributed by atoms with E-state index in [-0.39, 0.29) is 21.5 Å². The number of hydrogen-bond acceptors (Lipinski definition) is 6. The van der Waals surface area contributed by atoms with Crippen LogP contribution in [-0.2, 0) is 11.2 Å². The molecule has 0 amide bonds. The number of nitro benzene ring substituents is 1. The summed E-state index contributed by atoms with van der Waals surface area (Å²) in [5, 5.41) is 11.0. The first-order chi connectivity index (χ1) is 14.5. The highest BCUT2D eigenvalue weighted by Gasteiger charge is 2.28. The van der Waals surface area contributed by atoms with Gasteiger partial charge in [0.25, 0.3) is 5.69 Å². The standard InChI is InChI=1S/C21H15Cl2N3O4/c22-17-10-14(26(28)29)11-18(23)21(17)30-15-4-5-16-13(9-15)6-8-25(19(16)12-27)20-3-1-2-7-24-20/h1-5,7,9-12,19H,6,8H2. The summed E-state index contributed by atoms with van der Waals surface area (Å²) in [5.41, 5.74) is 1.62. The number of halogens is 2. The summed E-state index contributed by atoms with van der Waals surface area (Å²) in [6, 6.07) is 12.9. The average molecular weight is 444 g/mol. The topological polar surface area (TPSA) is 85.6 Å². The number of nitro groups is 1. The highest BCUT2D eigenvalue weighted by molar-refractivity contribution is 6.37. The molecule has 0 saturated carbocycles. The second-order valence-electron chi connectivity index (χ2n) is 6.67. The van der Waals surface area contributed by atoms with Crippen LogP contribution in [-0.4, -0.2) is 22.7 Å². The number of rotatable bonds is 5. The third-order valence-corrected chi connectivity index (χ3v) is 5.44. The smallest absolute Gasteiger partial charge is 0.272 e. The van der Waals surface area contributed by atoms with Crippen molar-refractivity contribution in [3.05, 3.63) is 86.0 Å². The Kier molecular flexibility index (Phi) is 5.57. The van der Waals surface area contributed by atoms with Gasteiger partial charge in [-0.25, -0.2) is 4.98 Å². The Balaban J connectivity index is 1.63. The van der Waals surface area contributed by atoms with Crippen LogP contribution >= 0.6 is 23.2 Å². The number of nitrogens with zero attached hydrogens (tertiary/aromatic N) is 3. The number of ether oxygens (including phenoxy) is 1. The van der Waals surface area contributed by atoms with E-state index in [9.17, 15) is 14.9 Å². The maximum absolute atomic E-state index is 11.9. The Labute approximate surface area is 182 Å². The number of carbonyl (C=O) groups is 1. The quantitative estimate of drug-likeness (QED) is 0.298. The van der Waals surface area contributed by atoms with Crippen LogP contribution in [0.5, 0.6) is 11.5 Å². The van der Waals surface area contributed by atoms with Crippen LogP contribution < -0.4 is 9.64 Å². The molecule has 0 fully saturated rings. The van der Waals surface area contributed by atoms with E-state index >= 15 is 0 Å². The Morgan fingerprint density at radius 1 is 1.17 bits per heavy atom. The fraction of sp³-hybridized carbons (Fsp3) is 0.143. The minimum atomic E-state index is -0.576. The first-order valence-electron chi connectivity index (χ1n) is 9.05. The number of hydrogen-bond donors (Lipinski definition) is 0. The van der Waals surface area contributed by atoms with Crippen LogP contribution in [0.3, 0.4) is 0 Å². The number of non-ortho nitro benzene ring substituents is 1. The van der Waals surface area contributed by atoms with Crippen molar-refractivity contribution in [2.75, 3.05) is 11.4 Å². The zero-order valence-corrected chi connectivity index (χ0v) is 17.0. The summed E-state index contributed by atoms with van der Waals surface area (Å²) in [7, 11) is 0. The molecule has 0 radical (unpaired) electrons. The summed E-state index contributed by atoms with van der Waals surface area (Å²) in [6.45, 7) is 0.621. The van der Waals surface area contributed by atoms with Crippen molar-refractivity contribution >= 4 is 41.0 Å². The molecule has 152 valence electrons. The molecule has 1 aromatic heterocycles. The van der Waals surface area contributed by atoms with E-state index in [1.165, 1.54) is 12.1 Å². The summed E-state index contributed by atoms with van der Waals surface area (Å²) >= 11 is 12.3. The molecular formula is C21H15Cl2N3O4. The van der Waals surface area contributed by atoms with Crippen LogP contribution in [0.1, 0.15) is 17.2 Å². The van der Waals surface area contributed by atoms with E-state index < -0.39 is 11.0 Å². The molecule has 4 rings (SSSR count). The van der Waals surface area contributed by atoms with Gasteiger partial charge < -0.3 is 14.4 Å². The minimum absolute atomic E-state index is 0.0408. The molecule has 1 aliphatic heterocycles. The number of aromatic nitrogens is 1. The van der Waals surface area contributed by atoms with Gasteiger partial charge in [0.2, 0.25) is 0 Å². The number of fused-ring (bicyclic) bond motifs is 1. The predicted octanol–water partition coefficient (Wildman–Crippen LogP) is 5.39. The fourth-order valence-electron chi connectivity index (χ4n) is 3.49. The highest BCUT2D eigenvalue weighted by atomic mass is 35.5. The monoisotopic (exact) mass is 443 g/mol. The molecule has 0 bridgehead atoms. The molecule has 2 aromatic carbocycles. The fourth-order valence-corrected chi connectivity index (χ4v) is 4.05. The third-order valence-electron chi connectivity index (χ3n) is 4.88. The summed E-state index contributed by atoms with van der Waals surface area (Å²) in [6.07, 6.45) is 3.29. The second-order valence-corrected chi connectivity index (χ2v) is 7.48. The van der Waals surface area contributed by atoms with Crippen LogP contribution in [0.4, 0.5) is 11.5 Å². The molecule has 0 aliphatic carbocycles. The molecule has 3 aromatic rings. The molecule has 0 N–H and O–H groups in total. The molecule has 0 spiro atoms. The summed E-state index contributed by atoms with van der Waals surface area (Å²) < 4.78 is 5.82. The lowest BCUT2D eigenvalue weighted by molar-refractivity contribution is -0.384. The van der Waals surface area contributed by atoms with Crippen LogP contribution in [0.2, 0.25) is 10.0 Å². The predicted molar refractivity (Wildman–Crippen MR) is 114 cm³/mol. The molecule has 0 saturated heterocycles. The van der Waals surface area contributed by atoms with Crippen molar-refractivity contribution in [3.8, 4) is 11.5 Å². The normalized spacial score (nSPS) is 15.4. The lowest BCUT2D eigenvalue weighted by Gasteiger charge is -2.35. The van der Waals surface area contributed by atoms with Crippen molar-refractivity contribution in [1.82, 2.24) is 4.98 Å². The first-order valence-corrected chi connectivity index (χ1v) is 9.80. The highest BCUT2D eigenvalue weighted by Crippen LogP contribution is 2.41. The van der Waals surface area contributed by atoms with E-state index in [1.54, 1.807) is 12.3 Å². The zero-order chi connectivity index (χ0) is 21.3. The molecule has 9 heteroatoms. The number of aldehydes is 1. The Hall–Kier alpha value is -3.16. The van der Waals surface area contributed by atoms with Crippen LogP contribution in [0.15, 0.2) is 54.7 Å². The van der Waals surface area contributed by atoms with Crippen molar-refractivity contribution < 1.29 is 14.5 Å². The van der Waals surface area contributed by atoms with Crippen molar-refractivity contribution in [2.24, 2.45) is 0 Å². The Morgan fingerprint density at radius 2 is 1.93 bits per heavy atom. The van der Waals surface area contributed by atoms with Gasteiger partial charge in [-0.1, -0.05) is 35.3 Å².